The van der Waals surface area contributed by atoms with Gasteiger partial charge in [0.15, 0.2) is 0 Å². The number of methoxy groups -OCH3 is 2. The first-order valence-electron chi connectivity index (χ1n) is 10.6. The van der Waals surface area contributed by atoms with Gasteiger partial charge < -0.3 is 9.47 Å². The van der Waals surface area contributed by atoms with Crippen molar-refractivity contribution in [2.45, 2.75) is 24.2 Å². The molecule has 2 aromatic heterocycles. The van der Waals surface area contributed by atoms with Crippen LogP contribution >= 0.6 is 0 Å². The van der Waals surface area contributed by atoms with Crippen LogP contribution in [0.1, 0.15) is 41.1 Å². The third-order valence-corrected chi connectivity index (χ3v) is 5.67. The van der Waals surface area contributed by atoms with Gasteiger partial charge in [-0.05, 0) is 17.9 Å². The molecule has 1 aliphatic carbocycles. The first-order chi connectivity index (χ1) is 15.8. The number of hydrogen-bond donors (Lipinski definition) is 0. The van der Waals surface area contributed by atoms with Crippen molar-refractivity contribution < 1.29 is 9.47 Å². The van der Waals surface area contributed by atoms with Gasteiger partial charge >= 0.3 is 0 Å². The number of hydrogen-bond acceptors (Lipinski definition) is 6. The summed E-state index contributed by atoms with van der Waals surface area (Å²) in [6.07, 6.45) is 7.87. The van der Waals surface area contributed by atoms with Crippen molar-refractivity contribution in [3.8, 4) is 11.8 Å². The Bertz CT molecular complexity index is 1080. The fraction of sp³-hybridized carbons (Fsp3) is 0.231. The minimum absolute atomic E-state index is 0.168. The second-order valence-corrected chi connectivity index (χ2v) is 7.51. The molecule has 0 unspecified atom stereocenters. The van der Waals surface area contributed by atoms with Crippen LogP contribution in [0.5, 0.6) is 11.8 Å². The summed E-state index contributed by atoms with van der Waals surface area (Å²) >= 11 is 0. The van der Waals surface area contributed by atoms with Crippen molar-refractivity contribution in [3.05, 3.63) is 108 Å². The fourth-order valence-corrected chi connectivity index (χ4v) is 4.06. The second-order valence-electron chi connectivity index (χ2n) is 7.51. The number of nitrogens with zero attached hydrogens (tertiary/aromatic N) is 4. The largest absolute Gasteiger partial charge is 0.480 e. The van der Waals surface area contributed by atoms with Gasteiger partial charge in [-0.1, -0.05) is 66.7 Å². The van der Waals surface area contributed by atoms with Crippen LogP contribution in [0.3, 0.4) is 0 Å². The smallest absolute Gasteiger partial charge is 0.232 e. The van der Waals surface area contributed by atoms with E-state index in [4.69, 9.17) is 9.47 Å². The summed E-state index contributed by atoms with van der Waals surface area (Å²) < 4.78 is 10.5. The molecule has 0 amide bonds. The zero-order chi connectivity index (χ0) is 22.2. The predicted octanol–water partition coefficient (Wildman–Crippen LogP) is 5.03. The van der Waals surface area contributed by atoms with E-state index >= 15 is 0 Å². The molecule has 0 aliphatic heterocycles. The number of ether oxygens (including phenoxy) is 2. The molecule has 0 radical (unpaired) electrons. The summed E-state index contributed by atoms with van der Waals surface area (Å²) in [4.78, 5) is 17.8. The molecule has 162 valence electrons. The Labute approximate surface area is 188 Å². The van der Waals surface area contributed by atoms with Crippen LogP contribution in [-0.4, -0.2) is 34.2 Å². The molecule has 0 bridgehead atoms. The Morgan fingerprint density at radius 1 is 0.625 bits per heavy atom. The summed E-state index contributed by atoms with van der Waals surface area (Å²) in [6.45, 7) is 0. The Balaban J connectivity index is 0.000000354. The highest BCUT2D eigenvalue weighted by Gasteiger charge is 2.45. The van der Waals surface area contributed by atoms with Crippen LogP contribution in [0, 0.1) is 0 Å². The van der Waals surface area contributed by atoms with Gasteiger partial charge in [-0.25, -0.2) is 9.97 Å². The van der Waals surface area contributed by atoms with Crippen molar-refractivity contribution in [2.24, 2.45) is 0 Å². The highest BCUT2D eigenvalue weighted by atomic mass is 16.5. The summed E-state index contributed by atoms with van der Waals surface area (Å²) in [7, 11) is 3.21. The summed E-state index contributed by atoms with van der Waals surface area (Å²) in [5, 5.41) is 0. The van der Waals surface area contributed by atoms with E-state index in [0.29, 0.717) is 17.7 Å². The van der Waals surface area contributed by atoms with Crippen molar-refractivity contribution in [3.63, 3.8) is 0 Å². The lowest BCUT2D eigenvalue weighted by molar-refractivity contribution is 0.268. The van der Waals surface area contributed by atoms with E-state index in [1.54, 1.807) is 26.6 Å². The van der Waals surface area contributed by atoms with Crippen LogP contribution in [0.2, 0.25) is 0 Å². The average molecular weight is 427 g/mol. The van der Waals surface area contributed by atoms with E-state index in [-0.39, 0.29) is 11.8 Å². The minimum atomic E-state index is 0.168. The molecule has 1 aliphatic rings. The molecule has 0 saturated heterocycles. The molecule has 6 heteroatoms. The Hall–Kier alpha value is -3.80. The second kappa shape index (κ2) is 10.5. The van der Waals surface area contributed by atoms with E-state index in [2.05, 4.69) is 44.2 Å². The van der Waals surface area contributed by atoms with Gasteiger partial charge in [0.25, 0.3) is 0 Å². The van der Waals surface area contributed by atoms with E-state index in [9.17, 15) is 0 Å². The van der Waals surface area contributed by atoms with Gasteiger partial charge in [-0.2, -0.15) is 0 Å². The maximum atomic E-state index is 5.27. The first-order valence-corrected chi connectivity index (χ1v) is 10.6. The third-order valence-electron chi connectivity index (χ3n) is 5.67. The standard InChI is InChI=1S/C20H20N4O2.C6H6/c1-25-18-11-21-9-16(23-18)15-8-14(13-6-4-3-5-7-13)20(15)17-10-22-12-19(24-17)26-2;1-2-4-6-5-3-1/h3-7,9-12,14-15,20H,8H2,1-2H3;1-6H/t14-,15+,20-;/m0./s1. The van der Waals surface area contributed by atoms with Gasteiger partial charge in [-0.3, -0.25) is 9.97 Å². The molecule has 6 nitrogen and oxygen atoms in total. The number of aromatic nitrogens is 4. The van der Waals surface area contributed by atoms with Crippen LogP contribution in [0.15, 0.2) is 91.5 Å². The molecule has 0 spiro atoms. The van der Waals surface area contributed by atoms with Gasteiger partial charge in [0.1, 0.15) is 0 Å². The highest BCUT2D eigenvalue weighted by molar-refractivity contribution is 5.35. The van der Waals surface area contributed by atoms with Crippen LogP contribution in [0.4, 0.5) is 0 Å². The molecule has 32 heavy (non-hydrogen) atoms. The fourth-order valence-electron chi connectivity index (χ4n) is 4.06. The summed E-state index contributed by atoms with van der Waals surface area (Å²) in [5.41, 5.74) is 3.14. The van der Waals surface area contributed by atoms with E-state index in [1.165, 1.54) is 5.56 Å². The lowest BCUT2D eigenvalue weighted by Crippen LogP contribution is -2.33. The maximum absolute atomic E-state index is 5.27. The SMILES string of the molecule is COc1cncc([C@@H]2[C@@H](c3cncc(OC)n3)C[C@H]2c2ccccc2)n1.c1ccccc1. The van der Waals surface area contributed by atoms with E-state index in [0.717, 1.165) is 17.8 Å². The zero-order valence-corrected chi connectivity index (χ0v) is 18.2. The Morgan fingerprint density at radius 3 is 1.69 bits per heavy atom. The molecule has 2 aromatic carbocycles. The molecule has 0 N–H and O–H groups in total. The minimum Gasteiger partial charge on any atom is -0.480 e. The van der Waals surface area contributed by atoms with Crippen LogP contribution in [-0.2, 0) is 0 Å². The van der Waals surface area contributed by atoms with E-state index in [1.807, 2.05) is 54.9 Å². The van der Waals surface area contributed by atoms with Gasteiger partial charge in [0.05, 0.1) is 38.0 Å². The molecule has 2 heterocycles. The summed E-state index contributed by atoms with van der Waals surface area (Å²) in [6, 6.07) is 22.5. The topological polar surface area (TPSA) is 70.0 Å². The van der Waals surface area contributed by atoms with Crippen LogP contribution in [0.25, 0.3) is 0 Å². The maximum Gasteiger partial charge on any atom is 0.232 e. The molecular formula is C26H26N4O2. The van der Waals surface area contributed by atoms with Gasteiger partial charge in [0, 0.05) is 24.2 Å². The lowest BCUT2D eigenvalue weighted by atomic mass is 9.60. The van der Waals surface area contributed by atoms with Gasteiger partial charge in [-0.15, -0.1) is 0 Å². The van der Waals surface area contributed by atoms with Crippen molar-refractivity contribution >= 4 is 0 Å². The molecule has 4 aromatic rings. The molecular weight excluding hydrogens is 400 g/mol. The quantitative estimate of drug-likeness (QED) is 0.446. The highest BCUT2D eigenvalue weighted by Crippen LogP contribution is 2.57. The number of benzene rings is 2. The van der Waals surface area contributed by atoms with Crippen molar-refractivity contribution in [2.75, 3.05) is 14.2 Å². The summed E-state index contributed by atoms with van der Waals surface area (Å²) in [5.74, 6) is 1.79. The zero-order valence-electron chi connectivity index (χ0n) is 18.2. The Kier molecular flexibility index (Phi) is 7.02. The third kappa shape index (κ3) is 4.91. The molecule has 3 atom stereocenters. The van der Waals surface area contributed by atoms with Crippen molar-refractivity contribution in [1.82, 2.24) is 19.9 Å². The van der Waals surface area contributed by atoms with Crippen LogP contribution < -0.4 is 9.47 Å². The monoisotopic (exact) mass is 426 g/mol. The molecule has 5 rings (SSSR count). The van der Waals surface area contributed by atoms with Gasteiger partial charge in [0.2, 0.25) is 11.8 Å². The van der Waals surface area contributed by atoms with Crippen molar-refractivity contribution in [1.29, 1.82) is 0 Å². The normalized spacial score (nSPS) is 19.1. The molecule has 1 fully saturated rings. The predicted molar refractivity (Wildman–Crippen MR) is 123 cm³/mol. The number of rotatable bonds is 5. The van der Waals surface area contributed by atoms with E-state index < -0.39 is 0 Å². The Morgan fingerprint density at radius 2 is 1.12 bits per heavy atom. The average Bonchev–Trinajstić information content (AvgIpc) is 2.86. The lowest BCUT2D eigenvalue weighted by Gasteiger charge is -2.44. The first kappa shape index (κ1) is 21.4. The molecule has 1 saturated carbocycles.